The molecular weight excluding hydrogens is 566 g/mol. The van der Waals surface area contributed by atoms with Crippen LogP contribution >= 0.6 is 21.6 Å². The molecule has 0 amide bonds. The molecule has 2 aromatic rings. The van der Waals surface area contributed by atoms with Crippen LogP contribution in [-0.4, -0.2) is 37.7 Å². The molecule has 0 atom stereocenters. The monoisotopic (exact) mass is 572 g/mol. The van der Waals surface area contributed by atoms with Gasteiger partial charge >= 0.3 is 11.0 Å². The van der Waals surface area contributed by atoms with Crippen molar-refractivity contribution in [3.05, 3.63) is 56.6 Å². The number of hydrogen-bond donors (Lipinski definition) is 0. The molecule has 0 aliphatic rings. The summed E-state index contributed by atoms with van der Waals surface area (Å²) < 4.78 is 122. The molecule has 0 spiro atoms. The third-order valence-electron chi connectivity index (χ3n) is 3.71. The van der Waals surface area contributed by atoms with Gasteiger partial charge in [0, 0.05) is 12.1 Å². The van der Waals surface area contributed by atoms with Crippen LogP contribution in [0.3, 0.4) is 0 Å². The van der Waals surface area contributed by atoms with Gasteiger partial charge in [0.15, 0.2) is 0 Å². The number of sulfone groups is 2. The van der Waals surface area contributed by atoms with Gasteiger partial charge in [-0.2, -0.15) is 26.3 Å². The van der Waals surface area contributed by atoms with E-state index in [4.69, 9.17) is 0 Å². The summed E-state index contributed by atoms with van der Waals surface area (Å²) in [6.07, 6.45) is 0. The zero-order valence-corrected chi connectivity index (χ0v) is 18.8. The van der Waals surface area contributed by atoms with Gasteiger partial charge in [-0.15, -0.1) is 0 Å². The number of benzene rings is 2. The largest absolute Gasteiger partial charge is 0.501 e. The molecule has 0 aliphatic carbocycles. The van der Waals surface area contributed by atoms with Gasteiger partial charge in [0.05, 0.1) is 29.4 Å². The van der Waals surface area contributed by atoms with Crippen LogP contribution in [0.5, 0.6) is 0 Å². The summed E-state index contributed by atoms with van der Waals surface area (Å²) in [4.78, 5) is 16.2. The smallest absolute Gasteiger partial charge is 0.258 e. The Morgan fingerprint density at radius 3 is 1.18 bits per heavy atom. The van der Waals surface area contributed by atoms with E-state index in [1.165, 1.54) is 0 Å². The van der Waals surface area contributed by atoms with Crippen LogP contribution in [-0.2, 0) is 19.7 Å². The average Bonchev–Trinajstić information content (AvgIpc) is 2.70. The van der Waals surface area contributed by atoms with E-state index in [1.54, 1.807) is 0 Å². The van der Waals surface area contributed by atoms with Crippen LogP contribution in [0, 0.1) is 20.2 Å². The fraction of sp³-hybridized carbons (Fsp3) is 0.143. The Bertz CT molecular complexity index is 1270. The predicted molar refractivity (Wildman–Crippen MR) is 104 cm³/mol. The molecule has 2 aromatic carbocycles. The van der Waals surface area contributed by atoms with Gasteiger partial charge < -0.3 is 0 Å². The van der Waals surface area contributed by atoms with Crippen LogP contribution < -0.4 is 0 Å². The maximum absolute atomic E-state index is 12.7. The maximum Gasteiger partial charge on any atom is 0.501 e. The van der Waals surface area contributed by atoms with Crippen molar-refractivity contribution in [1.82, 2.24) is 0 Å². The van der Waals surface area contributed by atoms with Gasteiger partial charge in [-0.1, -0.05) is 0 Å². The van der Waals surface area contributed by atoms with Crippen molar-refractivity contribution in [2.75, 3.05) is 0 Å². The van der Waals surface area contributed by atoms with Crippen molar-refractivity contribution in [1.29, 1.82) is 0 Å². The average molecular weight is 572 g/mol. The molecule has 10 nitrogen and oxygen atoms in total. The summed E-state index contributed by atoms with van der Waals surface area (Å²) in [5.74, 6) is 0. The normalized spacial score (nSPS) is 13.0. The molecule has 0 heterocycles. The van der Waals surface area contributed by atoms with Crippen molar-refractivity contribution < 1.29 is 53.0 Å². The number of nitro benzene ring substituents is 2. The Morgan fingerprint density at radius 1 is 0.647 bits per heavy atom. The fourth-order valence-electron chi connectivity index (χ4n) is 2.11. The van der Waals surface area contributed by atoms with Gasteiger partial charge in [0.2, 0.25) is 0 Å². The molecule has 0 fully saturated rings. The van der Waals surface area contributed by atoms with Crippen molar-refractivity contribution in [2.24, 2.45) is 0 Å². The molecule has 0 unspecified atom stereocenters. The second kappa shape index (κ2) is 9.23. The Labute approximate surface area is 192 Å². The number of halogens is 6. The van der Waals surface area contributed by atoms with Crippen molar-refractivity contribution in [2.45, 2.75) is 30.6 Å². The van der Waals surface area contributed by atoms with E-state index in [9.17, 15) is 63.4 Å². The standard InChI is InChI=1S/C14H6F6N2O8S4/c15-13(16,17)33(27,28)7-1-3-11(9(5-7)21(23)24)31-32-12-4-2-8(6-10(12)22(25)26)34(29,30)14(18,19)20/h1-6H. The lowest BCUT2D eigenvalue weighted by molar-refractivity contribution is -0.388. The topological polar surface area (TPSA) is 155 Å². The molecule has 0 radical (unpaired) electrons. The summed E-state index contributed by atoms with van der Waals surface area (Å²) in [6.45, 7) is 0. The van der Waals surface area contributed by atoms with E-state index in [1.807, 2.05) is 0 Å². The fourth-order valence-corrected chi connectivity index (χ4v) is 5.92. The molecular formula is C14H6F6N2O8S4. The summed E-state index contributed by atoms with van der Waals surface area (Å²) in [6, 6.07) is 2.32. The molecule has 2 rings (SSSR count). The van der Waals surface area contributed by atoms with Gasteiger partial charge in [-0.3, -0.25) is 20.2 Å². The van der Waals surface area contributed by atoms with Gasteiger partial charge in [0.1, 0.15) is 0 Å². The van der Waals surface area contributed by atoms with Crippen LogP contribution in [0.2, 0.25) is 0 Å². The highest BCUT2D eigenvalue weighted by atomic mass is 33.1. The molecule has 0 saturated heterocycles. The number of nitro groups is 2. The van der Waals surface area contributed by atoms with Crippen molar-refractivity contribution in [3.63, 3.8) is 0 Å². The van der Waals surface area contributed by atoms with Gasteiger partial charge in [-0.05, 0) is 45.9 Å². The third kappa shape index (κ3) is 5.39. The van der Waals surface area contributed by atoms with E-state index in [2.05, 4.69) is 0 Å². The van der Waals surface area contributed by atoms with Crippen molar-refractivity contribution in [3.8, 4) is 0 Å². The first-order chi connectivity index (χ1) is 15.3. The van der Waals surface area contributed by atoms with Gasteiger partial charge in [-0.25, -0.2) is 16.8 Å². The zero-order valence-electron chi connectivity index (χ0n) is 15.5. The number of alkyl halides is 6. The quantitative estimate of drug-likeness (QED) is 0.194. The van der Waals surface area contributed by atoms with E-state index in [0.29, 0.717) is 45.9 Å². The predicted octanol–water partition coefficient (Wildman–Crippen LogP) is 4.89. The molecule has 0 saturated carbocycles. The minimum atomic E-state index is -5.92. The SMILES string of the molecule is O=[N+]([O-])c1cc(S(=O)(=O)C(F)(F)F)ccc1SSc1ccc(S(=O)(=O)C(F)(F)F)cc1[N+](=O)[O-]. The zero-order chi connectivity index (χ0) is 26.3. The third-order valence-corrected chi connectivity index (χ3v) is 9.13. The minimum Gasteiger partial charge on any atom is -0.258 e. The van der Waals surface area contributed by atoms with E-state index in [-0.39, 0.29) is 12.1 Å². The summed E-state index contributed by atoms with van der Waals surface area (Å²) >= 11 is 0. The van der Waals surface area contributed by atoms with E-state index < -0.39 is 71.5 Å². The maximum atomic E-state index is 12.7. The first kappa shape index (κ1) is 27.7. The molecule has 0 bridgehead atoms. The Balaban J connectivity index is 2.47. The highest BCUT2D eigenvalue weighted by Crippen LogP contribution is 2.46. The highest BCUT2D eigenvalue weighted by Gasteiger charge is 2.48. The van der Waals surface area contributed by atoms with Crippen LogP contribution in [0.15, 0.2) is 56.0 Å². The Morgan fingerprint density at radius 2 is 0.941 bits per heavy atom. The summed E-state index contributed by atoms with van der Waals surface area (Å²) in [5, 5.41) is 22.4. The van der Waals surface area contributed by atoms with Crippen molar-refractivity contribution >= 4 is 52.6 Å². The van der Waals surface area contributed by atoms with E-state index >= 15 is 0 Å². The second-order valence-corrected chi connectivity index (χ2v) is 11.9. The van der Waals surface area contributed by atoms with Crippen LogP contribution in [0.4, 0.5) is 37.7 Å². The van der Waals surface area contributed by atoms with Gasteiger partial charge in [0.25, 0.3) is 31.0 Å². The van der Waals surface area contributed by atoms with Crippen LogP contribution in [0.1, 0.15) is 0 Å². The molecule has 0 N–H and O–H groups in total. The Hall–Kier alpha value is -2.58. The summed E-state index contributed by atoms with van der Waals surface area (Å²) in [7, 11) is -11.2. The molecule has 34 heavy (non-hydrogen) atoms. The molecule has 20 heteroatoms. The lowest BCUT2D eigenvalue weighted by Crippen LogP contribution is -2.23. The number of hydrogen-bond acceptors (Lipinski definition) is 10. The molecule has 0 aromatic heterocycles. The lowest BCUT2D eigenvalue weighted by Gasteiger charge is -2.10. The number of nitrogens with zero attached hydrogens (tertiary/aromatic N) is 2. The summed E-state index contributed by atoms with van der Waals surface area (Å²) in [5.41, 5.74) is -13.7. The Kier molecular flexibility index (Phi) is 7.51. The minimum absolute atomic E-state index is 0.124. The lowest BCUT2D eigenvalue weighted by atomic mass is 10.3. The second-order valence-electron chi connectivity index (χ2n) is 5.84. The highest BCUT2D eigenvalue weighted by molar-refractivity contribution is 8.76. The number of rotatable bonds is 7. The first-order valence-corrected chi connectivity index (χ1v) is 13.0. The first-order valence-electron chi connectivity index (χ1n) is 7.85. The van der Waals surface area contributed by atoms with E-state index in [0.717, 1.165) is 0 Å². The molecule has 186 valence electrons. The van der Waals surface area contributed by atoms with Crippen LogP contribution in [0.25, 0.3) is 0 Å². The molecule has 0 aliphatic heterocycles.